The van der Waals surface area contributed by atoms with Crippen LogP contribution in [0.2, 0.25) is 0 Å². The average molecular weight is 433 g/mol. The Labute approximate surface area is 186 Å². The molecule has 2 fully saturated rings. The third-order valence-electron chi connectivity index (χ3n) is 7.01. The van der Waals surface area contributed by atoms with Gasteiger partial charge in [0.15, 0.2) is 0 Å². The fraction of sp³-hybridized carbons (Fsp3) is 0.440. The van der Waals surface area contributed by atoms with Crippen LogP contribution in [0.1, 0.15) is 49.3 Å². The van der Waals surface area contributed by atoms with Crippen LogP contribution in [-0.4, -0.2) is 38.0 Å². The van der Waals surface area contributed by atoms with Crippen molar-refractivity contribution in [2.75, 3.05) is 13.1 Å². The predicted molar refractivity (Wildman–Crippen MR) is 123 cm³/mol. The smallest absolute Gasteiger partial charge is 0.332 e. The molecule has 7 heteroatoms. The molecule has 1 aliphatic carbocycles. The third kappa shape index (κ3) is 3.66. The van der Waals surface area contributed by atoms with Gasteiger partial charge in [0.05, 0.1) is 11.9 Å². The van der Waals surface area contributed by atoms with Crippen molar-refractivity contribution >= 4 is 16.9 Å². The lowest BCUT2D eigenvalue weighted by molar-refractivity contribution is -0.134. The number of carbonyl (C=O) groups is 1. The number of hydrogen-bond acceptors (Lipinski definition) is 4. The average Bonchev–Trinajstić information content (AvgIpc) is 3.53. The van der Waals surface area contributed by atoms with Gasteiger partial charge >= 0.3 is 5.69 Å². The summed E-state index contributed by atoms with van der Waals surface area (Å²) in [4.78, 5) is 45.3. The summed E-state index contributed by atoms with van der Waals surface area (Å²) < 4.78 is 2.72. The van der Waals surface area contributed by atoms with Crippen LogP contribution in [0.4, 0.5) is 0 Å². The zero-order valence-corrected chi connectivity index (χ0v) is 18.4. The topological polar surface area (TPSA) is 77.2 Å². The van der Waals surface area contributed by atoms with Crippen LogP contribution in [0, 0.1) is 5.92 Å². The molecule has 32 heavy (non-hydrogen) atoms. The summed E-state index contributed by atoms with van der Waals surface area (Å²) in [5, 5.41) is 0.434. The Morgan fingerprint density at radius 3 is 2.53 bits per heavy atom. The third-order valence-corrected chi connectivity index (χ3v) is 7.01. The van der Waals surface area contributed by atoms with Crippen LogP contribution in [0.25, 0.3) is 11.0 Å². The monoisotopic (exact) mass is 432 g/mol. The standard InChI is InChI=1S/C25H28N4O3/c1-27-24(31)20-11-12-21(19-13-14-28(16-19)23(30)18-9-5-6-10-18)26-22(20)29(25(27)32)15-17-7-3-2-4-8-17/h2-4,7-8,11-12,18-19H,5-6,9-10,13-16H2,1H3/t19-/m1/s1. The van der Waals surface area contributed by atoms with Crippen LogP contribution >= 0.6 is 0 Å². The predicted octanol–water partition coefficient (Wildman–Crippen LogP) is 2.65. The Kier molecular flexibility index (Phi) is 5.41. The molecular weight excluding hydrogens is 404 g/mol. The summed E-state index contributed by atoms with van der Waals surface area (Å²) in [6.07, 6.45) is 5.15. The van der Waals surface area contributed by atoms with E-state index in [1.165, 1.54) is 7.05 Å². The number of aromatic nitrogens is 3. The van der Waals surface area contributed by atoms with Crippen molar-refractivity contribution in [3.63, 3.8) is 0 Å². The minimum absolute atomic E-state index is 0.120. The highest BCUT2D eigenvalue weighted by atomic mass is 16.2. The highest BCUT2D eigenvalue weighted by Crippen LogP contribution is 2.32. The van der Waals surface area contributed by atoms with E-state index >= 15 is 0 Å². The maximum absolute atomic E-state index is 13.0. The van der Waals surface area contributed by atoms with E-state index in [9.17, 15) is 14.4 Å². The van der Waals surface area contributed by atoms with Gasteiger partial charge in [-0.05, 0) is 37.0 Å². The molecule has 3 aromatic rings. The summed E-state index contributed by atoms with van der Waals surface area (Å²) in [5.41, 5.74) is 1.52. The first-order valence-corrected chi connectivity index (χ1v) is 11.5. The molecule has 1 amide bonds. The van der Waals surface area contributed by atoms with Crippen molar-refractivity contribution in [1.82, 2.24) is 19.0 Å². The van der Waals surface area contributed by atoms with Crippen molar-refractivity contribution in [3.8, 4) is 0 Å². The van der Waals surface area contributed by atoms with Gasteiger partial charge in [-0.2, -0.15) is 0 Å². The molecule has 5 rings (SSSR count). The number of amides is 1. The number of fused-ring (bicyclic) bond motifs is 1. The van der Waals surface area contributed by atoms with E-state index in [1.54, 1.807) is 10.6 Å². The molecular formula is C25H28N4O3. The van der Waals surface area contributed by atoms with Gasteiger partial charge in [0.2, 0.25) is 5.91 Å². The molecule has 1 saturated heterocycles. The second kappa shape index (κ2) is 8.37. The Balaban J connectivity index is 1.50. The summed E-state index contributed by atoms with van der Waals surface area (Å²) in [6.45, 7) is 1.74. The maximum atomic E-state index is 13.0. The van der Waals surface area contributed by atoms with E-state index in [1.807, 2.05) is 41.3 Å². The number of carbonyl (C=O) groups excluding carboxylic acids is 1. The molecule has 1 atom stereocenters. The lowest BCUT2D eigenvalue weighted by Crippen LogP contribution is -2.39. The van der Waals surface area contributed by atoms with Crippen LogP contribution in [-0.2, 0) is 18.4 Å². The number of benzene rings is 1. The zero-order chi connectivity index (χ0) is 22.2. The molecule has 1 aliphatic heterocycles. The highest BCUT2D eigenvalue weighted by molar-refractivity contribution is 5.79. The van der Waals surface area contributed by atoms with Crippen molar-refractivity contribution in [2.24, 2.45) is 13.0 Å². The van der Waals surface area contributed by atoms with Crippen molar-refractivity contribution in [3.05, 3.63) is 74.6 Å². The molecule has 0 unspecified atom stereocenters. The van der Waals surface area contributed by atoms with Crippen LogP contribution in [0.15, 0.2) is 52.1 Å². The Hall–Kier alpha value is -3.22. The summed E-state index contributed by atoms with van der Waals surface area (Å²) in [5.74, 6) is 0.576. The van der Waals surface area contributed by atoms with Gasteiger partial charge in [0.1, 0.15) is 5.65 Å². The van der Waals surface area contributed by atoms with Gasteiger partial charge < -0.3 is 4.90 Å². The van der Waals surface area contributed by atoms with E-state index in [4.69, 9.17) is 4.98 Å². The van der Waals surface area contributed by atoms with E-state index in [0.29, 0.717) is 24.1 Å². The number of rotatable bonds is 4. The van der Waals surface area contributed by atoms with Gasteiger partial charge in [-0.25, -0.2) is 9.78 Å². The SMILES string of the molecule is Cn1c(=O)c2ccc([C@@H]3CCN(C(=O)C4CCCC4)C3)nc2n(Cc2ccccc2)c1=O. The van der Waals surface area contributed by atoms with E-state index in [-0.39, 0.29) is 29.0 Å². The van der Waals surface area contributed by atoms with Crippen LogP contribution in [0.3, 0.4) is 0 Å². The number of pyridine rings is 1. The molecule has 1 saturated carbocycles. The van der Waals surface area contributed by atoms with E-state index in [2.05, 4.69) is 0 Å². The second-order valence-electron chi connectivity index (χ2n) is 9.08. The normalized spacial score (nSPS) is 19.2. The molecule has 2 aliphatic rings. The first kappa shape index (κ1) is 20.7. The summed E-state index contributed by atoms with van der Waals surface area (Å²) in [6, 6.07) is 13.4. The highest BCUT2D eigenvalue weighted by Gasteiger charge is 2.33. The first-order valence-electron chi connectivity index (χ1n) is 11.5. The fourth-order valence-electron chi connectivity index (χ4n) is 5.14. The molecule has 1 aromatic carbocycles. The molecule has 0 radical (unpaired) electrons. The lowest BCUT2D eigenvalue weighted by atomic mass is 10.0. The van der Waals surface area contributed by atoms with Crippen molar-refractivity contribution in [1.29, 1.82) is 0 Å². The van der Waals surface area contributed by atoms with Crippen molar-refractivity contribution in [2.45, 2.75) is 44.6 Å². The number of nitrogens with zero attached hydrogens (tertiary/aromatic N) is 4. The van der Waals surface area contributed by atoms with Gasteiger partial charge in [-0.1, -0.05) is 43.2 Å². The van der Waals surface area contributed by atoms with Gasteiger partial charge in [-0.3, -0.25) is 18.7 Å². The minimum atomic E-state index is -0.375. The van der Waals surface area contributed by atoms with Gasteiger partial charge in [-0.15, -0.1) is 0 Å². The molecule has 7 nitrogen and oxygen atoms in total. The number of likely N-dealkylation sites (tertiary alicyclic amines) is 1. The molecule has 0 spiro atoms. The summed E-state index contributed by atoms with van der Waals surface area (Å²) >= 11 is 0. The minimum Gasteiger partial charge on any atom is -0.342 e. The maximum Gasteiger partial charge on any atom is 0.332 e. The Morgan fingerprint density at radius 1 is 1.03 bits per heavy atom. The second-order valence-corrected chi connectivity index (χ2v) is 9.08. The van der Waals surface area contributed by atoms with Crippen molar-refractivity contribution < 1.29 is 4.79 Å². The molecule has 166 valence electrons. The molecule has 0 bridgehead atoms. The van der Waals surface area contributed by atoms with E-state index in [0.717, 1.165) is 54.5 Å². The largest absolute Gasteiger partial charge is 0.342 e. The zero-order valence-electron chi connectivity index (χ0n) is 18.4. The molecule has 0 N–H and O–H groups in total. The quantitative estimate of drug-likeness (QED) is 0.635. The van der Waals surface area contributed by atoms with Crippen LogP contribution < -0.4 is 11.2 Å². The Bertz CT molecular complexity index is 1270. The lowest BCUT2D eigenvalue weighted by Gasteiger charge is -2.20. The van der Waals surface area contributed by atoms with Gasteiger partial charge in [0, 0.05) is 37.7 Å². The summed E-state index contributed by atoms with van der Waals surface area (Å²) in [7, 11) is 1.50. The van der Waals surface area contributed by atoms with Gasteiger partial charge in [0.25, 0.3) is 5.56 Å². The van der Waals surface area contributed by atoms with Crippen LogP contribution in [0.5, 0.6) is 0 Å². The molecule has 3 heterocycles. The Morgan fingerprint density at radius 2 is 1.78 bits per heavy atom. The number of hydrogen-bond donors (Lipinski definition) is 0. The molecule has 2 aromatic heterocycles. The first-order chi connectivity index (χ1) is 15.5. The fourth-order valence-corrected chi connectivity index (χ4v) is 5.14. The van der Waals surface area contributed by atoms with E-state index < -0.39 is 0 Å².